The van der Waals surface area contributed by atoms with Crippen molar-refractivity contribution in [1.82, 2.24) is 0 Å². The second kappa shape index (κ2) is 8.43. The number of methoxy groups -OCH3 is 1. The highest BCUT2D eigenvalue weighted by Crippen LogP contribution is 2.22. The first-order valence-electron chi connectivity index (χ1n) is 6.84. The van der Waals surface area contributed by atoms with Gasteiger partial charge in [0, 0.05) is 13.5 Å². The molecular weight excluding hydrogens is 250 g/mol. The van der Waals surface area contributed by atoms with Gasteiger partial charge >= 0.3 is 0 Å². The lowest BCUT2D eigenvalue weighted by Crippen LogP contribution is -2.24. The minimum absolute atomic E-state index is 0.0634. The summed E-state index contributed by atoms with van der Waals surface area (Å²) < 4.78 is 37.3. The van der Waals surface area contributed by atoms with E-state index in [9.17, 15) is 8.78 Å². The van der Waals surface area contributed by atoms with Crippen molar-refractivity contribution in [2.45, 2.75) is 51.1 Å². The van der Waals surface area contributed by atoms with Crippen LogP contribution in [0.3, 0.4) is 0 Å². The van der Waals surface area contributed by atoms with Crippen molar-refractivity contribution in [1.29, 1.82) is 0 Å². The minimum atomic E-state index is -2.72. The highest BCUT2D eigenvalue weighted by Gasteiger charge is 2.28. The zero-order chi connectivity index (χ0) is 14.1. The summed E-state index contributed by atoms with van der Waals surface area (Å²) in [5, 5.41) is 0. The number of rotatable bonds is 1. The van der Waals surface area contributed by atoms with Crippen LogP contribution in [0.15, 0.2) is 23.8 Å². The van der Waals surface area contributed by atoms with E-state index >= 15 is 0 Å². The molecule has 2 nitrogen and oxygen atoms in total. The van der Waals surface area contributed by atoms with Gasteiger partial charge in [0.25, 0.3) is 5.92 Å². The van der Waals surface area contributed by atoms with E-state index < -0.39 is 12.5 Å². The van der Waals surface area contributed by atoms with Crippen molar-refractivity contribution in [3.8, 4) is 0 Å². The zero-order valence-electron chi connectivity index (χ0n) is 11.8. The number of hydrogen-bond acceptors (Lipinski definition) is 2. The molecule has 0 amide bonds. The number of alkyl halides is 2. The third-order valence-corrected chi connectivity index (χ3v) is 3.15. The van der Waals surface area contributed by atoms with Crippen LogP contribution in [-0.4, -0.2) is 32.4 Å². The predicted octanol–water partition coefficient (Wildman–Crippen LogP) is 4.12. The molecule has 1 atom stereocenters. The first-order chi connectivity index (χ1) is 9.03. The van der Waals surface area contributed by atoms with Crippen molar-refractivity contribution in [2.75, 3.05) is 20.3 Å². The van der Waals surface area contributed by atoms with E-state index in [0.717, 1.165) is 18.4 Å². The molecule has 0 aromatic heterocycles. The first-order valence-corrected chi connectivity index (χ1v) is 6.84. The minimum Gasteiger partial charge on any atom is -0.377 e. The molecule has 0 N–H and O–H groups in total. The summed E-state index contributed by atoms with van der Waals surface area (Å²) in [7, 11) is 1.67. The quantitative estimate of drug-likeness (QED) is 0.670. The Hall–Kier alpha value is -0.740. The smallest absolute Gasteiger partial charge is 0.271 e. The van der Waals surface area contributed by atoms with Crippen molar-refractivity contribution < 1.29 is 18.3 Å². The fourth-order valence-corrected chi connectivity index (χ4v) is 2.01. The summed E-state index contributed by atoms with van der Waals surface area (Å²) in [6, 6.07) is 0. The maximum atomic E-state index is 13.5. The Balaban J connectivity index is 2.59. The van der Waals surface area contributed by atoms with Gasteiger partial charge in [-0.3, -0.25) is 0 Å². The molecule has 1 aliphatic heterocycles. The van der Waals surface area contributed by atoms with Crippen molar-refractivity contribution >= 4 is 0 Å². The van der Waals surface area contributed by atoms with Crippen LogP contribution in [0.5, 0.6) is 0 Å². The average molecular weight is 274 g/mol. The first kappa shape index (κ1) is 16.3. The third kappa shape index (κ3) is 7.43. The molecule has 19 heavy (non-hydrogen) atoms. The van der Waals surface area contributed by atoms with E-state index in [4.69, 9.17) is 9.47 Å². The van der Waals surface area contributed by atoms with Crippen LogP contribution >= 0.6 is 0 Å². The molecule has 1 heterocycles. The van der Waals surface area contributed by atoms with Crippen molar-refractivity contribution in [2.24, 2.45) is 0 Å². The summed E-state index contributed by atoms with van der Waals surface area (Å²) in [6.07, 6.45) is 8.78. The topological polar surface area (TPSA) is 18.5 Å². The average Bonchev–Trinajstić information content (AvgIpc) is 2.35. The molecule has 0 aromatic rings. The molecular formula is C15H24F2O2. The molecule has 1 unspecified atom stereocenters. The number of ether oxygens (including phenoxy) is 2. The Bertz CT molecular complexity index is 311. The summed E-state index contributed by atoms with van der Waals surface area (Å²) in [5.74, 6) is -2.72. The van der Waals surface area contributed by atoms with Gasteiger partial charge in [0.15, 0.2) is 0 Å². The highest BCUT2D eigenvalue weighted by molar-refractivity contribution is 5.00. The van der Waals surface area contributed by atoms with Gasteiger partial charge in [-0.05, 0) is 32.6 Å². The molecule has 0 fully saturated rings. The Labute approximate surface area is 114 Å². The second-order valence-corrected chi connectivity index (χ2v) is 5.07. The Morgan fingerprint density at radius 1 is 1.37 bits per heavy atom. The molecule has 4 heteroatoms. The molecule has 1 rings (SSSR count). The number of allylic oxidation sites excluding steroid dienone is 2. The second-order valence-electron chi connectivity index (χ2n) is 5.07. The highest BCUT2D eigenvalue weighted by atomic mass is 19.3. The molecule has 0 bridgehead atoms. The summed E-state index contributed by atoms with van der Waals surface area (Å²) in [4.78, 5) is 0. The number of hydrogen-bond donors (Lipinski definition) is 0. The van der Waals surface area contributed by atoms with Crippen LogP contribution in [-0.2, 0) is 9.47 Å². The largest absolute Gasteiger partial charge is 0.377 e. The molecule has 0 radical (unpaired) electrons. The SMILES string of the molecule is COC1/C=C/CCCC(F)(F)COC/C(C)=C\CC1. The monoisotopic (exact) mass is 274 g/mol. The van der Waals surface area contributed by atoms with Crippen LogP contribution in [0.25, 0.3) is 0 Å². The van der Waals surface area contributed by atoms with Gasteiger partial charge in [-0.25, -0.2) is 8.78 Å². The van der Waals surface area contributed by atoms with Gasteiger partial charge in [0.1, 0.15) is 6.61 Å². The molecule has 110 valence electrons. The van der Waals surface area contributed by atoms with Crippen LogP contribution in [0, 0.1) is 0 Å². The molecule has 0 spiro atoms. The summed E-state index contributed by atoms with van der Waals surface area (Å²) >= 11 is 0. The number of halogens is 2. The van der Waals surface area contributed by atoms with Gasteiger partial charge in [-0.1, -0.05) is 23.8 Å². The lowest BCUT2D eigenvalue weighted by molar-refractivity contribution is -0.0787. The Kier molecular flexibility index (Phi) is 7.24. The van der Waals surface area contributed by atoms with E-state index in [-0.39, 0.29) is 19.1 Å². The van der Waals surface area contributed by atoms with Gasteiger partial charge < -0.3 is 9.47 Å². The lowest BCUT2D eigenvalue weighted by atomic mass is 10.1. The molecule has 0 aromatic carbocycles. The van der Waals surface area contributed by atoms with Gasteiger partial charge in [-0.15, -0.1) is 0 Å². The maximum absolute atomic E-state index is 13.5. The van der Waals surface area contributed by atoms with Gasteiger partial charge in [0.05, 0.1) is 12.7 Å². The maximum Gasteiger partial charge on any atom is 0.271 e. The summed E-state index contributed by atoms with van der Waals surface area (Å²) in [5.41, 5.74) is 0.992. The van der Waals surface area contributed by atoms with Crippen LogP contribution < -0.4 is 0 Å². The fraction of sp³-hybridized carbons (Fsp3) is 0.733. The fourth-order valence-electron chi connectivity index (χ4n) is 2.01. The predicted molar refractivity (Wildman–Crippen MR) is 72.5 cm³/mol. The van der Waals surface area contributed by atoms with Crippen LogP contribution in [0.2, 0.25) is 0 Å². The molecule has 0 saturated heterocycles. The Morgan fingerprint density at radius 2 is 2.16 bits per heavy atom. The van der Waals surface area contributed by atoms with E-state index in [1.807, 2.05) is 25.2 Å². The molecule has 0 aliphatic carbocycles. The van der Waals surface area contributed by atoms with E-state index in [1.165, 1.54) is 0 Å². The third-order valence-electron chi connectivity index (χ3n) is 3.15. The van der Waals surface area contributed by atoms with E-state index in [1.54, 1.807) is 7.11 Å². The summed E-state index contributed by atoms with van der Waals surface area (Å²) in [6.45, 7) is 1.70. The zero-order valence-corrected chi connectivity index (χ0v) is 11.8. The molecule has 0 saturated carbocycles. The van der Waals surface area contributed by atoms with Gasteiger partial charge in [-0.2, -0.15) is 0 Å². The van der Waals surface area contributed by atoms with Crippen LogP contribution in [0.1, 0.15) is 39.0 Å². The normalized spacial score (nSPS) is 30.9. The van der Waals surface area contributed by atoms with E-state index in [2.05, 4.69) is 0 Å². The van der Waals surface area contributed by atoms with E-state index in [0.29, 0.717) is 12.8 Å². The standard InChI is InChI=1S/C15H24F2O2/c1-13-7-6-9-14(18-2)8-4-3-5-10-15(16,17)12-19-11-13/h4,7-8,14H,3,5-6,9-12H2,1-2H3/b8-4+,13-7-. The lowest BCUT2D eigenvalue weighted by Gasteiger charge is -2.17. The molecule has 1 aliphatic rings. The van der Waals surface area contributed by atoms with Crippen LogP contribution in [0.4, 0.5) is 8.78 Å². The van der Waals surface area contributed by atoms with Crippen molar-refractivity contribution in [3.05, 3.63) is 23.8 Å². The Morgan fingerprint density at radius 3 is 2.89 bits per heavy atom. The van der Waals surface area contributed by atoms with Gasteiger partial charge in [0.2, 0.25) is 0 Å². The van der Waals surface area contributed by atoms with Crippen molar-refractivity contribution in [3.63, 3.8) is 0 Å².